The van der Waals surface area contributed by atoms with E-state index in [-0.39, 0.29) is 0 Å². The van der Waals surface area contributed by atoms with Gasteiger partial charge in [0.25, 0.3) is 0 Å². The second-order valence-electron chi connectivity index (χ2n) is 5.86. The van der Waals surface area contributed by atoms with Crippen LogP contribution < -0.4 is 20.2 Å². The number of hydrogen-bond donors (Lipinski definition) is 3. The van der Waals surface area contributed by atoms with E-state index < -0.39 is 18.6 Å². The van der Waals surface area contributed by atoms with Gasteiger partial charge in [-0.25, -0.2) is 15.0 Å². The van der Waals surface area contributed by atoms with Gasteiger partial charge in [-0.3, -0.25) is 0 Å². The van der Waals surface area contributed by atoms with E-state index >= 15 is 0 Å². The van der Waals surface area contributed by atoms with Gasteiger partial charge in [-0.2, -0.15) is 5.10 Å². The topological polar surface area (TPSA) is 109 Å². The van der Waals surface area contributed by atoms with Gasteiger partial charge in [0.2, 0.25) is 0 Å². The number of nitrogens with one attached hydrogen (secondary N) is 2. The molecule has 2 rings (SSSR count). The van der Waals surface area contributed by atoms with Crippen LogP contribution in [0.4, 0.5) is 10.5 Å². The van der Waals surface area contributed by atoms with Gasteiger partial charge < -0.3 is 19.9 Å². The zero-order chi connectivity index (χ0) is 20.7. The molecule has 0 aliphatic carbocycles. The Hall–Kier alpha value is -2.82. The van der Waals surface area contributed by atoms with Crippen molar-refractivity contribution in [3.05, 3.63) is 50.6 Å². The number of amides is 2. The van der Waals surface area contributed by atoms with E-state index in [0.29, 0.717) is 26.3 Å². The fourth-order valence-electron chi connectivity index (χ4n) is 2.36. The second-order valence-corrected chi connectivity index (χ2v) is 7.02. The van der Waals surface area contributed by atoms with Crippen molar-refractivity contribution >= 4 is 46.5 Å². The minimum absolute atomic E-state index is 0.336. The van der Waals surface area contributed by atoms with Gasteiger partial charge in [0.05, 0.1) is 16.9 Å². The molecule has 2 aromatic carbocycles. The number of aryl methyl sites for hydroxylation is 2. The summed E-state index contributed by atoms with van der Waals surface area (Å²) in [7, 11) is 1.45. The van der Waals surface area contributed by atoms with Crippen LogP contribution in [0.5, 0.6) is 11.5 Å². The second kappa shape index (κ2) is 9.93. The molecule has 0 saturated carbocycles. The van der Waals surface area contributed by atoms with Gasteiger partial charge in [0.15, 0.2) is 18.1 Å². The van der Waals surface area contributed by atoms with Gasteiger partial charge in [-0.1, -0.05) is 17.7 Å². The third-order valence-corrected chi connectivity index (χ3v) is 4.40. The van der Waals surface area contributed by atoms with E-state index in [9.17, 15) is 9.59 Å². The van der Waals surface area contributed by atoms with Crippen LogP contribution in [0.3, 0.4) is 0 Å². The van der Waals surface area contributed by atoms with Crippen molar-refractivity contribution in [2.24, 2.45) is 5.10 Å². The number of anilines is 1. The van der Waals surface area contributed by atoms with Gasteiger partial charge in [0, 0.05) is 5.69 Å². The van der Waals surface area contributed by atoms with Crippen molar-refractivity contribution in [1.82, 2.24) is 5.43 Å². The van der Waals surface area contributed by atoms with Crippen LogP contribution in [0.25, 0.3) is 0 Å². The van der Waals surface area contributed by atoms with Crippen LogP contribution in [-0.4, -0.2) is 37.0 Å². The van der Waals surface area contributed by atoms with Crippen molar-refractivity contribution in [1.29, 1.82) is 0 Å². The highest BCUT2D eigenvalue weighted by molar-refractivity contribution is 14.1. The maximum Gasteiger partial charge on any atom is 0.341 e. The zero-order valence-electron chi connectivity index (χ0n) is 15.6. The van der Waals surface area contributed by atoms with Crippen LogP contribution in [0.15, 0.2) is 35.4 Å². The van der Waals surface area contributed by atoms with Crippen LogP contribution in [0.1, 0.15) is 16.7 Å². The van der Waals surface area contributed by atoms with Gasteiger partial charge in [-0.15, -0.1) is 0 Å². The fraction of sp³-hybridized carbons (Fsp3) is 0.211. The number of urea groups is 1. The summed E-state index contributed by atoms with van der Waals surface area (Å²) in [6.45, 7) is 3.42. The van der Waals surface area contributed by atoms with Gasteiger partial charge in [-0.05, 0) is 65.8 Å². The lowest BCUT2D eigenvalue weighted by atomic mass is 10.1. The third-order valence-electron chi connectivity index (χ3n) is 3.60. The predicted molar refractivity (Wildman–Crippen MR) is 115 cm³/mol. The molecule has 0 fully saturated rings. The number of hydrazone groups is 1. The summed E-state index contributed by atoms with van der Waals surface area (Å²) in [5.41, 5.74) is 5.82. The molecule has 2 aromatic rings. The first kappa shape index (κ1) is 21.5. The SMILES string of the molecule is COc1cc(/C=N/NC(=O)Nc2ccc(C)cc2C)cc(I)c1OCC(=O)O. The number of benzene rings is 2. The van der Waals surface area contributed by atoms with Crippen molar-refractivity contribution in [2.45, 2.75) is 13.8 Å². The molecular formula is C19H20IN3O5. The molecule has 8 nitrogen and oxygen atoms in total. The summed E-state index contributed by atoms with van der Waals surface area (Å²) < 4.78 is 11.1. The number of methoxy groups -OCH3 is 1. The van der Waals surface area contributed by atoms with Crippen molar-refractivity contribution in [3.8, 4) is 11.5 Å². The Morgan fingerprint density at radius 3 is 2.64 bits per heavy atom. The monoisotopic (exact) mass is 497 g/mol. The molecule has 0 saturated heterocycles. The van der Waals surface area contributed by atoms with Gasteiger partial charge in [0.1, 0.15) is 0 Å². The normalized spacial score (nSPS) is 10.6. The van der Waals surface area contributed by atoms with E-state index in [1.54, 1.807) is 12.1 Å². The van der Waals surface area contributed by atoms with Crippen LogP contribution >= 0.6 is 22.6 Å². The summed E-state index contributed by atoms with van der Waals surface area (Å²) >= 11 is 2.01. The third kappa shape index (κ3) is 6.12. The summed E-state index contributed by atoms with van der Waals surface area (Å²) in [5.74, 6) is -0.375. The standard InChI is InChI=1S/C19H20IN3O5/c1-11-4-5-15(12(2)6-11)22-19(26)23-21-9-13-7-14(20)18(16(8-13)27-3)28-10-17(24)25/h4-9H,10H2,1-3H3,(H,24,25)(H2,22,23,26)/b21-9+. The first-order valence-corrected chi connectivity index (χ1v) is 9.27. The summed E-state index contributed by atoms with van der Waals surface area (Å²) in [4.78, 5) is 22.7. The molecule has 0 atom stereocenters. The minimum atomic E-state index is -1.08. The first-order valence-electron chi connectivity index (χ1n) is 8.19. The zero-order valence-corrected chi connectivity index (χ0v) is 17.7. The van der Waals surface area contributed by atoms with E-state index in [4.69, 9.17) is 14.6 Å². The Morgan fingerprint density at radius 2 is 2.00 bits per heavy atom. The number of carboxylic acid groups (broad SMARTS) is 1. The Bertz CT molecular complexity index is 915. The van der Waals surface area contributed by atoms with Crippen LogP contribution in [0, 0.1) is 17.4 Å². The maximum absolute atomic E-state index is 12.0. The highest BCUT2D eigenvalue weighted by Gasteiger charge is 2.12. The highest BCUT2D eigenvalue weighted by atomic mass is 127. The van der Waals surface area contributed by atoms with E-state index in [1.165, 1.54) is 13.3 Å². The maximum atomic E-state index is 12.0. The lowest BCUT2D eigenvalue weighted by Crippen LogP contribution is -2.24. The Kier molecular flexibility index (Phi) is 7.61. The quantitative estimate of drug-likeness (QED) is 0.308. The number of carbonyl (C=O) groups excluding carboxylic acids is 1. The lowest BCUT2D eigenvalue weighted by molar-refractivity contribution is -0.139. The molecule has 0 unspecified atom stereocenters. The molecule has 0 aliphatic heterocycles. The number of halogens is 1. The number of carboxylic acids is 1. The van der Waals surface area contributed by atoms with E-state index in [0.717, 1.165) is 11.1 Å². The van der Waals surface area contributed by atoms with E-state index in [1.807, 2.05) is 54.6 Å². The molecule has 9 heteroatoms. The number of hydrogen-bond acceptors (Lipinski definition) is 5. The number of nitrogens with zero attached hydrogens (tertiary/aromatic N) is 1. The predicted octanol–water partition coefficient (Wildman–Crippen LogP) is 3.54. The lowest BCUT2D eigenvalue weighted by Gasteiger charge is -2.12. The number of rotatable bonds is 7. The van der Waals surface area contributed by atoms with E-state index in [2.05, 4.69) is 15.8 Å². The number of carbonyl (C=O) groups is 2. The number of aliphatic carboxylic acids is 1. The Morgan fingerprint density at radius 1 is 1.25 bits per heavy atom. The molecule has 0 spiro atoms. The summed E-state index contributed by atoms with van der Waals surface area (Å²) in [5, 5.41) is 15.4. The Balaban J connectivity index is 2.04. The molecule has 0 aliphatic rings. The molecular weight excluding hydrogens is 477 g/mol. The molecule has 148 valence electrons. The smallest absolute Gasteiger partial charge is 0.341 e. The highest BCUT2D eigenvalue weighted by Crippen LogP contribution is 2.33. The van der Waals surface area contributed by atoms with Crippen molar-refractivity contribution in [3.63, 3.8) is 0 Å². The van der Waals surface area contributed by atoms with Gasteiger partial charge >= 0.3 is 12.0 Å². The minimum Gasteiger partial charge on any atom is -0.493 e. The largest absolute Gasteiger partial charge is 0.493 e. The van der Waals surface area contributed by atoms with Crippen molar-refractivity contribution < 1.29 is 24.2 Å². The van der Waals surface area contributed by atoms with Crippen LogP contribution in [-0.2, 0) is 4.79 Å². The molecule has 0 bridgehead atoms. The molecule has 3 N–H and O–H groups in total. The molecule has 0 aromatic heterocycles. The summed E-state index contributed by atoms with van der Waals surface area (Å²) in [6, 6.07) is 8.61. The average molecular weight is 497 g/mol. The molecule has 28 heavy (non-hydrogen) atoms. The summed E-state index contributed by atoms with van der Waals surface area (Å²) in [6.07, 6.45) is 1.45. The molecule has 2 amide bonds. The molecule has 0 radical (unpaired) electrons. The van der Waals surface area contributed by atoms with Crippen molar-refractivity contribution in [2.75, 3.05) is 19.0 Å². The Labute approximate surface area is 176 Å². The average Bonchev–Trinajstić information content (AvgIpc) is 2.62. The van der Waals surface area contributed by atoms with Crippen LogP contribution in [0.2, 0.25) is 0 Å². The fourth-order valence-corrected chi connectivity index (χ4v) is 3.14. The molecule has 0 heterocycles. The number of ether oxygens (including phenoxy) is 2. The first-order chi connectivity index (χ1) is 13.3.